The van der Waals surface area contributed by atoms with E-state index in [9.17, 15) is 0 Å². The van der Waals surface area contributed by atoms with Gasteiger partial charge in [0.15, 0.2) is 0 Å². The maximum atomic E-state index is 3.43. The molecule has 0 N–H and O–H groups in total. The van der Waals surface area contributed by atoms with Crippen LogP contribution >= 0.6 is 15.9 Å². The van der Waals surface area contributed by atoms with Gasteiger partial charge in [0.1, 0.15) is 7.85 Å². The summed E-state index contributed by atoms with van der Waals surface area (Å²) in [6.07, 6.45) is 0. The molecule has 0 nitrogen and oxygen atoms in total. The van der Waals surface area contributed by atoms with Gasteiger partial charge < -0.3 is 0 Å². The second-order valence-electron chi connectivity index (χ2n) is 3.37. The van der Waals surface area contributed by atoms with Crippen LogP contribution in [0.15, 0.2) is 53.0 Å². The monoisotopic (exact) mass is 244 g/mol. The van der Waals surface area contributed by atoms with Crippen LogP contribution in [0.3, 0.4) is 0 Å². The Hall–Kier alpha value is -1.02. The third-order valence-corrected chi connectivity index (χ3v) is 2.76. The van der Waals surface area contributed by atoms with Crippen LogP contribution in [-0.4, -0.2) is 7.85 Å². The van der Waals surface area contributed by atoms with Crippen molar-refractivity contribution in [3.63, 3.8) is 0 Å². The Morgan fingerprint density at radius 3 is 1.64 bits per heavy atom. The third-order valence-electron chi connectivity index (χ3n) is 2.23. The van der Waals surface area contributed by atoms with Crippen LogP contribution in [0.2, 0.25) is 0 Å². The van der Waals surface area contributed by atoms with Crippen molar-refractivity contribution in [1.29, 1.82) is 0 Å². The molecular formula is C12H10BBr. The maximum Gasteiger partial charge on any atom is 0.139 e. The molecule has 0 aliphatic rings. The highest BCUT2D eigenvalue weighted by molar-refractivity contribution is 9.10. The van der Waals surface area contributed by atoms with Crippen LogP contribution in [0.1, 0.15) is 0 Å². The highest BCUT2D eigenvalue weighted by Crippen LogP contribution is 2.20. The van der Waals surface area contributed by atoms with Crippen LogP contribution in [-0.2, 0) is 0 Å². The molecule has 0 aliphatic heterocycles. The Kier molecular flexibility index (Phi) is 2.73. The average molecular weight is 245 g/mol. The van der Waals surface area contributed by atoms with E-state index in [1.165, 1.54) is 16.6 Å². The minimum Gasteiger partial charge on any atom is -0.0889 e. The molecule has 0 atom stereocenters. The summed E-state index contributed by atoms with van der Waals surface area (Å²) >= 11 is 3.43. The molecular weight excluding hydrogens is 235 g/mol. The van der Waals surface area contributed by atoms with Crippen molar-refractivity contribution in [3.05, 3.63) is 53.0 Å². The highest BCUT2D eigenvalue weighted by Gasteiger charge is 1.95. The van der Waals surface area contributed by atoms with Gasteiger partial charge in [-0.15, -0.1) is 0 Å². The fraction of sp³-hybridized carbons (Fsp3) is 0. The molecule has 2 aromatic carbocycles. The highest BCUT2D eigenvalue weighted by atomic mass is 79.9. The van der Waals surface area contributed by atoms with Crippen LogP contribution in [0.5, 0.6) is 0 Å². The summed E-state index contributed by atoms with van der Waals surface area (Å²) in [5.74, 6) is 0. The number of rotatable bonds is 1. The van der Waals surface area contributed by atoms with E-state index in [-0.39, 0.29) is 0 Å². The molecule has 0 bridgehead atoms. The Morgan fingerprint density at radius 1 is 0.714 bits per heavy atom. The molecule has 2 aromatic rings. The van der Waals surface area contributed by atoms with Crippen molar-refractivity contribution >= 4 is 29.2 Å². The topological polar surface area (TPSA) is 0 Å². The second kappa shape index (κ2) is 4.01. The zero-order valence-corrected chi connectivity index (χ0v) is 9.58. The minimum absolute atomic E-state index is 1.12. The Bertz CT molecular complexity index is 374. The van der Waals surface area contributed by atoms with Crippen LogP contribution in [0.25, 0.3) is 11.1 Å². The summed E-state index contributed by atoms with van der Waals surface area (Å²) in [5.41, 5.74) is 3.82. The van der Waals surface area contributed by atoms with E-state index < -0.39 is 0 Å². The summed E-state index contributed by atoms with van der Waals surface area (Å²) in [4.78, 5) is 0. The fourth-order valence-electron chi connectivity index (χ4n) is 1.39. The van der Waals surface area contributed by atoms with Gasteiger partial charge in [-0.3, -0.25) is 0 Å². The lowest BCUT2D eigenvalue weighted by Crippen LogP contribution is -1.98. The molecule has 0 unspecified atom stereocenters. The first-order valence-electron chi connectivity index (χ1n) is 4.58. The van der Waals surface area contributed by atoms with Crippen LogP contribution < -0.4 is 5.46 Å². The first-order chi connectivity index (χ1) is 6.75. The van der Waals surface area contributed by atoms with Crippen molar-refractivity contribution in [2.45, 2.75) is 0 Å². The van der Waals surface area contributed by atoms with E-state index in [0.29, 0.717) is 0 Å². The summed E-state index contributed by atoms with van der Waals surface area (Å²) < 4.78 is 1.12. The quantitative estimate of drug-likeness (QED) is 0.676. The van der Waals surface area contributed by atoms with Crippen LogP contribution in [0.4, 0.5) is 0 Å². The van der Waals surface area contributed by atoms with E-state index in [2.05, 4.69) is 72.3 Å². The second-order valence-corrected chi connectivity index (χ2v) is 4.29. The zero-order valence-electron chi connectivity index (χ0n) is 8.00. The standard InChI is InChI=1S/C12H10BBr/c13-11-5-1-9(2-6-11)10-3-7-12(14)8-4-10/h1-8H,13H2. The van der Waals surface area contributed by atoms with Crippen LogP contribution in [0, 0.1) is 0 Å². The lowest BCUT2D eigenvalue weighted by molar-refractivity contribution is 1.61. The van der Waals surface area contributed by atoms with Crippen molar-refractivity contribution in [2.75, 3.05) is 0 Å². The fourth-order valence-corrected chi connectivity index (χ4v) is 1.65. The van der Waals surface area contributed by atoms with Gasteiger partial charge in [0.05, 0.1) is 0 Å². The normalized spacial score (nSPS) is 10.1. The molecule has 0 saturated carbocycles. The zero-order chi connectivity index (χ0) is 9.97. The van der Waals surface area contributed by atoms with Gasteiger partial charge in [0.25, 0.3) is 0 Å². The first kappa shape index (κ1) is 9.54. The number of hydrogen-bond donors (Lipinski definition) is 0. The SMILES string of the molecule is Bc1ccc(-c2ccc(Br)cc2)cc1. The molecule has 2 heteroatoms. The molecule has 14 heavy (non-hydrogen) atoms. The molecule has 0 aromatic heterocycles. The summed E-state index contributed by atoms with van der Waals surface area (Å²) in [5, 5.41) is 0. The molecule has 0 heterocycles. The average Bonchev–Trinajstić information content (AvgIpc) is 2.21. The van der Waals surface area contributed by atoms with E-state index in [4.69, 9.17) is 0 Å². The van der Waals surface area contributed by atoms with Crippen molar-refractivity contribution < 1.29 is 0 Å². The molecule has 68 valence electrons. The van der Waals surface area contributed by atoms with Gasteiger partial charge in [-0.2, -0.15) is 0 Å². The molecule has 0 fully saturated rings. The summed E-state index contributed by atoms with van der Waals surface area (Å²) in [7, 11) is 2.10. The molecule has 0 amide bonds. The van der Waals surface area contributed by atoms with Gasteiger partial charge in [-0.1, -0.05) is 57.8 Å². The molecule has 0 saturated heterocycles. The van der Waals surface area contributed by atoms with E-state index >= 15 is 0 Å². The maximum absolute atomic E-state index is 3.43. The third kappa shape index (κ3) is 2.07. The predicted octanol–water partition coefficient (Wildman–Crippen LogP) is 2.37. The Balaban J connectivity index is 2.40. The van der Waals surface area contributed by atoms with Crippen molar-refractivity contribution in [1.82, 2.24) is 0 Å². The molecule has 2 rings (SSSR count). The molecule has 0 radical (unpaired) electrons. The molecule has 0 spiro atoms. The lowest BCUT2D eigenvalue weighted by Gasteiger charge is -2.02. The minimum atomic E-state index is 1.12. The Labute approximate surface area is 93.5 Å². The van der Waals surface area contributed by atoms with E-state index in [1.807, 2.05) is 0 Å². The van der Waals surface area contributed by atoms with Crippen molar-refractivity contribution in [3.8, 4) is 11.1 Å². The first-order valence-corrected chi connectivity index (χ1v) is 5.37. The van der Waals surface area contributed by atoms with Gasteiger partial charge in [-0.25, -0.2) is 0 Å². The smallest absolute Gasteiger partial charge is 0.0889 e. The van der Waals surface area contributed by atoms with Gasteiger partial charge in [-0.05, 0) is 23.3 Å². The lowest BCUT2D eigenvalue weighted by atomic mass is 9.94. The van der Waals surface area contributed by atoms with Gasteiger partial charge >= 0.3 is 0 Å². The largest absolute Gasteiger partial charge is 0.139 e. The summed E-state index contributed by atoms with van der Waals surface area (Å²) in [6.45, 7) is 0. The molecule has 0 aliphatic carbocycles. The predicted molar refractivity (Wildman–Crippen MR) is 67.8 cm³/mol. The van der Waals surface area contributed by atoms with E-state index in [1.54, 1.807) is 0 Å². The van der Waals surface area contributed by atoms with Gasteiger partial charge in [0.2, 0.25) is 0 Å². The number of hydrogen-bond acceptors (Lipinski definition) is 0. The van der Waals surface area contributed by atoms with E-state index in [0.717, 1.165) is 4.47 Å². The number of benzene rings is 2. The number of halogens is 1. The Morgan fingerprint density at radius 2 is 1.14 bits per heavy atom. The van der Waals surface area contributed by atoms with Crippen molar-refractivity contribution in [2.24, 2.45) is 0 Å². The van der Waals surface area contributed by atoms with Gasteiger partial charge in [0, 0.05) is 4.47 Å². The summed E-state index contributed by atoms with van der Waals surface area (Å²) in [6, 6.07) is 16.9.